The maximum Gasteiger partial charge on any atom is 0.425 e. The third kappa shape index (κ3) is 7.94. The fourth-order valence-electron chi connectivity index (χ4n) is 9.48. The van der Waals surface area contributed by atoms with Gasteiger partial charge in [-0.2, -0.15) is 9.75 Å². The number of esters is 1. The first-order valence-corrected chi connectivity index (χ1v) is 19.4. The van der Waals surface area contributed by atoms with E-state index in [2.05, 4.69) is 0 Å². The number of hydroxylamine groups is 1. The van der Waals surface area contributed by atoms with Crippen molar-refractivity contribution in [1.29, 1.82) is 0 Å². The maximum atomic E-state index is 14.5. The number of ketones is 1. The fourth-order valence-corrected chi connectivity index (χ4v) is 9.48. The molecule has 15 heteroatoms. The van der Waals surface area contributed by atoms with Gasteiger partial charge in [-0.05, 0) is 79.6 Å². The lowest BCUT2D eigenvalue weighted by molar-refractivity contribution is -0.494. The second-order valence-corrected chi connectivity index (χ2v) is 16.5. The zero-order valence-electron chi connectivity index (χ0n) is 33.9. The van der Waals surface area contributed by atoms with Crippen LogP contribution < -0.4 is 0 Å². The zero-order chi connectivity index (χ0) is 39.9. The van der Waals surface area contributed by atoms with E-state index in [1.165, 1.54) is 19.0 Å². The molecule has 0 radical (unpaired) electrons. The maximum absolute atomic E-state index is 14.5. The van der Waals surface area contributed by atoms with Crippen LogP contribution >= 0.6 is 0 Å². The van der Waals surface area contributed by atoms with Crippen molar-refractivity contribution < 1.29 is 52.3 Å². The van der Waals surface area contributed by atoms with Gasteiger partial charge in [0.1, 0.15) is 29.9 Å². The number of aliphatic hydroxyl groups is 1. The van der Waals surface area contributed by atoms with Crippen molar-refractivity contribution >= 4 is 23.6 Å². The van der Waals surface area contributed by atoms with Crippen molar-refractivity contribution in [2.24, 2.45) is 23.7 Å². The van der Waals surface area contributed by atoms with Crippen LogP contribution in [-0.4, -0.2) is 137 Å². The Morgan fingerprint density at radius 3 is 2.43 bits per heavy atom. The number of hydrogen-bond acceptors (Lipinski definition) is 13. The smallest absolute Gasteiger partial charge is 0.425 e. The van der Waals surface area contributed by atoms with Crippen molar-refractivity contribution in [2.45, 2.75) is 141 Å². The van der Waals surface area contributed by atoms with Gasteiger partial charge < -0.3 is 43.3 Å². The van der Waals surface area contributed by atoms with Gasteiger partial charge in [-0.15, -0.1) is 0 Å². The molecular weight excluding hydrogens is 700 g/mol. The van der Waals surface area contributed by atoms with Crippen molar-refractivity contribution in [3.05, 3.63) is 29.4 Å². The fraction of sp³-hybridized carbons (Fsp3) is 0.795. The molecule has 4 aliphatic heterocycles. The zero-order valence-corrected chi connectivity index (χ0v) is 33.9. The monoisotopic (exact) mass is 762 g/mol. The van der Waals surface area contributed by atoms with Crippen molar-refractivity contribution in [3.63, 3.8) is 0 Å². The number of hydrogen-bond donors (Lipinski definition) is 1. The summed E-state index contributed by atoms with van der Waals surface area (Å²) in [5, 5.41) is 29.2. The largest absolute Gasteiger partial charge is 0.623 e. The number of hydrazine groups is 1. The van der Waals surface area contributed by atoms with E-state index in [9.17, 15) is 24.7 Å². The highest BCUT2D eigenvalue weighted by atomic mass is 16.7. The first kappa shape index (κ1) is 42.1. The van der Waals surface area contributed by atoms with E-state index >= 15 is 0 Å². The van der Waals surface area contributed by atoms with E-state index in [1.54, 1.807) is 25.1 Å². The van der Waals surface area contributed by atoms with Crippen LogP contribution in [0.1, 0.15) is 86.8 Å². The summed E-state index contributed by atoms with van der Waals surface area (Å²) in [6.45, 7) is 14.5. The third-order valence-electron chi connectivity index (χ3n) is 12.4. The van der Waals surface area contributed by atoms with Crippen LogP contribution in [-0.2, 0) is 39.7 Å². The molecule has 0 aromatic carbocycles. The van der Waals surface area contributed by atoms with Crippen molar-refractivity contribution in [3.8, 4) is 0 Å². The molecule has 304 valence electrons. The standard InChI is InChI=1S/C39H62N4O11/c1-12-29-39(8)33-24(4)30(42(48)21-41(43(33)37(47)54-39)17-13-15-27-16-14-18-50-27)22(2)20-38(7,49-11)34(25(5)31(44)26(6)35(46)52-29)53-36-32(45)28(40(9)10)19-23(3)51-36/h14,16,18,22-26,28-29,32-34,36,45H,12-13,15,17,19-21H2,1-11H3/t22-,23-,24+,25+,26-,28+,29-,32-,33-,34-,36+,38+,39-/m1/s1. The molecular formula is C39H62N4O11. The van der Waals surface area contributed by atoms with E-state index in [1.807, 2.05) is 65.7 Å². The summed E-state index contributed by atoms with van der Waals surface area (Å²) in [5.41, 5.74) is -2.11. The number of cyclic esters (lactones) is 1. The van der Waals surface area contributed by atoms with Crippen molar-refractivity contribution in [1.82, 2.24) is 14.9 Å². The molecule has 15 nitrogen and oxygen atoms in total. The van der Waals surface area contributed by atoms with Crippen LogP contribution in [0.4, 0.5) is 4.79 Å². The van der Waals surface area contributed by atoms with Crippen LogP contribution in [0, 0.1) is 28.9 Å². The second-order valence-electron chi connectivity index (χ2n) is 16.5. The van der Waals surface area contributed by atoms with E-state index in [4.69, 9.17) is 28.1 Å². The molecule has 3 fully saturated rings. The lowest BCUT2D eigenvalue weighted by Crippen LogP contribution is -2.61. The number of nitrogens with zero attached hydrogens (tertiary/aromatic N) is 4. The van der Waals surface area contributed by atoms with Gasteiger partial charge >= 0.3 is 12.1 Å². The number of amides is 1. The molecule has 5 rings (SSSR count). The molecule has 1 amide bonds. The number of aryl methyl sites for hydroxylation is 1. The number of Topliss-reactive ketones (excluding diaryl/α,β-unsaturated/α-hetero) is 1. The minimum atomic E-state index is -1.38. The molecule has 0 aliphatic carbocycles. The Morgan fingerprint density at radius 2 is 1.81 bits per heavy atom. The van der Waals surface area contributed by atoms with Gasteiger partial charge in [0.25, 0.3) is 0 Å². The summed E-state index contributed by atoms with van der Waals surface area (Å²) in [7, 11) is 5.28. The Hall–Kier alpha value is -3.08. The molecule has 4 aliphatic rings. The lowest BCUT2D eigenvalue weighted by atomic mass is 9.73. The quantitative estimate of drug-likeness (QED) is 0.166. The SMILES string of the molecule is CC[C@H]1OC(=O)[C@H](C)C(=O)[C@H](C)[C@@H](O[C@@H]2O[C@H](C)C[C@H](N(C)C)[C@H]2O)[C@@](C)(OC)C[C@@H](C)C2=[N+]([O-])CN(CCCc3ccco3)N3C(=O)O[C@@]1(C)[C@H]3[C@H]2C. The summed E-state index contributed by atoms with van der Waals surface area (Å²) in [6, 6.07) is 2.68. The summed E-state index contributed by atoms with van der Waals surface area (Å²) >= 11 is 0. The highest BCUT2D eigenvalue weighted by Gasteiger charge is 2.63. The van der Waals surface area contributed by atoms with Crippen LogP contribution in [0.2, 0.25) is 0 Å². The van der Waals surface area contributed by atoms with Crippen LogP contribution in [0.5, 0.6) is 0 Å². The average molecular weight is 763 g/mol. The number of methoxy groups -OCH3 is 1. The number of carbonyl (C=O) groups is 3. The molecule has 1 aromatic heterocycles. The van der Waals surface area contributed by atoms with Gasteiger partial charge in [0.05, 0.1) is 30.0 Å². The van der Waals surface area contributed by atoms with Gasteiger partial charge in [-0.1, -0.05) is 27.7 Å². The first-order chi connectivity index (χ1) is 25.4. The number of furan rings is 1. The number of aliphatic hydroxyl groups excluding tert-OH is 1. The summed E-state index contributed by atoms with van der Waals surface area (Å²) in [4.78, 5) is 44.2. The third-order valence-corrected chi connectivity index (χ3v) is 12.4. The number of ether oxygens (including phenoxy) is 5. The summed E-state index contributed by atoms with van der Waals surface area (Å²) in [5.74, 6) is -3.61. The molecule has 54 heavy (non-hydrogen) atoms. The topological polar surface area (TPSA) is 167 Å². The highest BCUT2D eigenvalue weighted by molar-refractivity contribution is 6.00. The molecule has 5 heterocycles. The number of carbonyl (C=O) groups excluding carboxylic acids is 3. The Morgan fingerprint density at radius 1 is 1.11 bits per heavy atom. The van der Waals surface area contributed by atoms with Gasteiger partial charge in [0.15, 0.2) is 23.4 Å². The Labute approximate surface area is 319 Å². The molecule has 0 spiro atoms. The predicted molar refractivity (Wildman–Crippen MR) is 197 cm³/mol. The Balaban J connectivity index is 1.60. The molecule has 0 unspecified atom stereocenters. The highest BCUT2D eigenvalue weighted by Crippen LogP contribution is 2.44. The lowest BCUT2D eigenvalue weighted by Gasteiger charge is -2.47. The second kappa shape index (κ2) is 16.6. The van der Waals surface area contributed by atoms with E-state index in [0.717, 1.165) is 10.5 Å². The number of rotatable bonds is 9. The van der Waals surface area contributed by atoms with E-state index < -0.39 is 83.4 Å². The number of likely N-dealkylation sites (N-methyl/N-ethyl adjacent to an activating group) is 1. The van der Waals surface area contributed by atoms with Crippen LogP contribution in [0.25, 0.3) is 0 Å². The molecule has 3 saturated heterocycles. The van der Waals surface area contributed by atoms with Gasteiger partial charge in [0.2, 0.25) is 6.67 Å². The Kier molecular flexibility index (Phi) is 12.9. The van der Waals surface area contributed by atoms with E-state index in [-0.39, 0.29) is 31.7 Å². The molecule has 13 atom stereocenters. The minimum Gasteiger partial charge on any atom is -0.623 e. The summed E-state index contributed by atoms with van der Waals surface area (Å²) < 4.78 is 38.0. The van der Waals surface area contributed by atoms with Gasteiger partial charge in [-0.25, -0.2) is 9.80 Å². The average Bonchev–Trinajstić information content (AvgIpc) is 3.70. The van der Waals surface area contributed by atoms with Gasteiger partial charge in [0, 0.05) is 38.0 Å². The number of fused-ring (bicyclic) bond motifs is 1. The van der Waals surface area contributed by atoms with Crippen LogP contribution in [0.15, 0.2) is 22.8 Å². The molecule has 2 bridgehead atoms. The first-order valence-electron chi connectivity index (χ1n) is 19.4. The molecule has 1 N–H and O–H groups in total. The van der Waals surface area contributed by atoms with Crippen LogP contribution in [0.3, 0.4) is 0 Å². The van der Waals surface area contributed by atoms with Gasteiger partial charge in [-0.3, -0.25) is 9.59 Å². The minimum absolute atomic E-state index is 0.151. The predicted octanol–water partition coefficient (Wildman–Crippen LogP) is 3.99. The van der Waals surface area contributed by atoms with Crippen molar-refractivity contribution in [2.75, 3.05) is 34.4 Å². The summed E-state index contributed by atoms with van der Waals surface area (Å²) in [6.07, 6.45) is -1.16. The van der Waals surface area contributed by atoms with E-state index in [0.29, 0.717) is 31.5 Å². The normalized spacial score (nSPS) is 40.1. The Bertz CT molecular complexity index is 1520. The molecule has 0 saturated carbocycles. The molecule has 1 aromatic rings.